The third kappa shape index (κ3) is 4.77. The van der Waals surface area contributed by atoms with Crippen LogP contribution in [0.25, 0.3) is 0 Å². The van der Waals surface area contributed by atoms with Gasteiger partial charge in [-0.1, -0.05) is 29.3 Å². The van der Waals surface area contributed by atoms with Crippen LogP contribution in [0.4, 0.5) is 4.39 Å². The monoisotopic (exact) mass is 470 g/mol. The highest BCUT2D eigenvalue weighted by Gasteiger charge is 2.39. The molecule has 2 aromatic carbocycles. The summed E-state index contributed by atoms with van der Waals surface area (Å²) in [6, 6.07) is 10.4. The Kier molecular flexibility index (Phi) is 7.67. The maximum Gasteiger partial charge on any atom is 0.226 e. The van der Waals surface area contributed by atoms with E-state index < -0.39 is 0 Å². The summed E-state index contributed by atoms with van der Waals surface area (Å²) in [7, 11) is 0. The summed E-state index contributed by atoms with van der Waals surface area (Å²) in [5, 5.41) is 4.59. The lowest BCUT2D eigenvalue weighted by molar-refractivity contribution is -0.138. The first-order chi connectivity index (χ1) is 13.9. The van der Waals surface area contributed by atoms with Crippen LogP contribution < -0.4 is 5.32 Å². The van der Waals surface area contributed by atoms with Gasteiger partial charge in [-0.25, -0.2) is 4.39 Å². The first kappa shape index (κ1) is 23.3. The Balaban J connectivity index is 0.00000256. The molecule has 2 saturated heterocycles. The van der Waals surface area contributed by atoms with Gasteiger partial charge in [0.05, 0.1) is 6.04 Å². The number of carbonyl (C=O) groups is 1. The first-order valence-electron chi connectivity index (χ1n) is 10.2. The predicted molar refractivity (Wildman–Crippen MR) is 122 cm³/mol. The van der Waals surface area contributed by atoms with Crippen molar-refractivity contribution in [3.05, 3.63) is 69.0 Å². The third-order valence-corrected chi connectivity index (χ3v) is 6.67. The van der Waals surface area contributed by atoms with E-state index in [1.165, 1.54) is 6.07 Å². The maximum atomic E-state index is 13.7. The van der Waals surface area contributed by atoms with Crippen LogP contribution in [0.1, 0.15) is 47.9 Å². The smallest absolute Gasteiger partial charge is 0.226 e. The van der Waals surface area contributed by atoms with Crippen molar-refractivity contribution in [3.63, 3.8) is 0 Å². The van der Waals surface area contributed by atoms with Gasteiger partial charge in [-0.15, -0.1) is 12.4 Å². The minimum Gasteiger partial charge on any atom is -0.335 e. The van der Waals surface area contributed by atoms with Crippen molar-refractivity contribution in [1.29, 1.82) is 0 Å². The van der Waals surface area contributed by atoms with Gasteiger partial charge in [0.25, 0.3) is 0 Å². The third-order valence-electron chi connectivity index (χ3n) is 6.24. The lowest BCUT2D eigenvalue weighted by Gasteiger charge is -2.37. The molecule has 2 aliphatic rings. The van der Waals surface area contributed by atoms with Crippen molar-refractivity contribution in [2.45, 2.75) is 38.1 Å². The molecule has 7 heteroatoms. The Labute approximate surface area is 193 Å². The van der Waals surface area contributed by atoms with Gasteiger partial charge in [-0.3, -0.25) is 4.79 Å². The predicted octanol–water partition coefficient (Wildman–Crippen LogP) is 5.92. The summed E-state index contributed by atoms with van der Waals surface area (Å²) in [5.41, 5.74) is 2.95. The number of nitrogens with one attached hydrogen (secondary N) is 1. The molecule has 30 heavy (non-hydrogen) atoms. The summed E-state index contributed by atoms with van der Waals surface area (Å²) in [4.78, 5) is 15.7. The van der Waals surface area contributed by atoms with Crippen LogP contribution in [0.5, 0.6) is 0 Å². The Bertz CT molecular complexity index is 903. The fourth-order valence-electron chi connectivity index (χ4n) is 4.89. The maximum absolute atomic E-state index is 13.7. The van der Waals surface area contributed by atoms with Gasteiger partial charge in [0.2, 0.25) is 5.91 Å². The van der Waals surface area contributed by atoms with Gasteiger partial charge < -0.3 is 10.2 Å². The van der Waals surface area contributed by atoms with Crippen LogP contribution in [0.3, 0.4) is 0 Å². The van der Waals surface area contributed by atoms with E-state index in [-0.39, 0.29) is 42.0 Å². The molecule has 3 unspecified atom stereocenters. The zero-order valence-corrected chi connectivity index (χ0v) is 19.2. The topological polar surface area (TPSA) is 32.3 Å². The van der Waals surface area contributed by atoms with Crippen LogP contribution in [-0.4, -0.2) is 30.4 Å². The summed E-state index contributed by atoms with van der Waals surface area (Å²) in [6.45, 7) is 4.20. The molecule has 4 rings (SSSR count). The molecular formula is C23H26Cl3FN2O. The summed E-state index contributed by atoms with van der Waals surface area (Å²) >= 11 is 12.4. The molecule has 2 fully saturated rings. The minimum absolute atomic E-state index is 0. The molecular weight excluding hydrogens is 446 g/mol. The van der Waals surface area contributed by atoms with Gasteiger partial charge >= 0.3 is 0 Å². The van der Waals surface area contributed by atoms with Crippen LogP contribution in [0, 0.1) is 18.7 Å². The molecule has 0 spiro atoms. The Hall–Kier alpha value is -1.33. The van der Waals surface area contributed by atoms with Crippen molar-refractivity contribution in [3.8, 4) is 0 Å². The highest BCUT2D eigenvalue weighted by molar-refractivity contribution is 6.34. The molecule has 1 N–H and O–H groups in total. The molecule has 0 bridgehead atoms. The fraction of sp³-hybridized carbons (Fsp3) is 0.435. The normalized spacial score (nSPS) is 23.9. The number of aryl methyl sites for hydroxylation is 1. The lowest BCUT2D eigenvalue weighted by atomic mass is 9.79. The van der Waals surface area contributed by atoms with E-state index in [9.17, 15) is 9.18 Å². The highest BCUT2D eigenvalue weighted by Crippen LogP contribution is 2.39. The van der Waals surface area contributed by atoms with E-state index in [1.807, 2.05) is 30.0 Å². The number of likely N-dealkylation sites (tertiary alicyclic amines) is 1. The van der Waals surface area contributed by atoms with Crippen molar-refractivity contribution in [1.82, 2.24) is 10.2 Å². The van der Waals surface area contributed by atoms with Crippen molar-refractivity contribution >= 4 is 41.5 Å². The fourth-order valence-corrected chi connectivity index (χ4v) is 5.44. The molecule has 162 valence electrons. The molecule has 0 radical (unpaired) electrons. The zero-order valence-electron chi connectivity index (χ0n) is 16.8. The number of amides is 1. The van der Waals surface area contributed by atoms with Gasteiger partial charge in [-0.05, 0) is 79.8 Å². The van der Waals surface area contributed by atoms with Crippen LogP contribution in [0.15, 0.2) is 36.4 Å². The molecule has 3 atom stereocenters. The second kappa shape index (κ2) is 9.86. The van der Waals surface area contributed by atoms with E-state index in [4.69, 9.17) is 23.2 Å². The van der Waals surface area contributed by atoms with E-state index in [0.717, 1.165) is 55.6 Å². The van der Waals surface area contributed by atoms with Gasteiger partial charge in [0.1, 0.15) is 5.82 Å². The van der Waals surface area contributed by atoms with Crippen LogP contribution in [0.2, 0.25) is 10.0 Å². The number of carbonyl (C=O) groups excluding carboxylic acids is 1. The molecule has 0 aromatic heterocycles. The SMILES string of the molecule is Cc1cc(F)ccc1C1CNCCC1C(=O)N1CCCC1c1cc(Cl)cc(Cl)c1.Cl. The van der Waals surface area contributed by atoms with Crippen molar-refractivity contribution in [2.24, 2.45) is 5.92 Å². The number of hydrogen-bond donors (Lipinski definition) is 1. The van der Waals surface area contributed by atoms with E-state index in [0.29, 0.717) is 10.0 Å². The van der Waals surface area contributed by atoms with Gasteiger partial charge in [0, 0.05) is 35.0 Å². The lowest BCUT2D eigenvalue weighted by Crippen LogP contribution is -2.45. The average molecular weight is 472 g/mol. The van der Waals surface area contributed by atoms with Crippen LogP contribution >= 0.6 is 35.6 Å². The summed E-state index contributed by atoms with van der Waals surface area (Å²) in [5.74, 6) is -0.133. The highest BCUT2D eigenvalue weighted by atomic mass is 35.5. The summed E-state index contributed by atoms with van der Waals surface area (Å²) < 4.78 is 13.6. The Morgan fingerprint density at radius 2 is 1.87 bits per heavy atom. The molecule has 2 aromatic rings. The number of halogens is 4. The second-order valence-electron chi connectivity index (χ2n) is 8.10. The second-order valence-corrected chi connectivity index (χ2v) is 8.97. The number of piperidine rings is 1. The van der Waals surface area contributed by atoms with Crippen molar-refractivity contribution in [2.75, 3.05) is 19.6 Å². The molecule has 2 heterocycles. The number of hydrogen-bond acceptors (Lipinski definition) is 2. The average Bonchev–Trinajstić information content (AvgIpc) is 3.17. The van der Waals surface area contributed by atoms with E-state index in [1.54, 1.807) is 12.1 Å². The molecule has 1 amide bonds. The Morgan fingerprint density at radius 1 is 1.13 bits per heavy atom. The van der Waals surface area contributed by atoms with E-state index >= 15 is 0 Å². The summed E-state index contributed by atoms with van der Waals surface area (Å²) in [6.07, 6.45) is 2.65. The quantitative estimate of drug-likeness (QED) is 0.602. The molecule has 0 saturated carbocycles. The van der Waals surface area contributed by atoms with Gasteiger partial charge in [0.15, 0.2) is 0 Å². The molecule has 0 aliphatic carbocycles. The van der Waals surface area contributed by atoms with Crippen LogP contribution in [-0.2, 0) is 4.79 Å². The Morgan fingerprint density at radius 3 is 2.57 bits per heavy atom. The van der Waals surface area contributed by atoms with Gasteiger partial charge in [-0.2, -0.15) is 0 Å². The number of rotatable bonds is 3. The number of benzene rings is 2. The van der Waals surface area contributed by atoms with Crippen molar-refractivity contribution < 1.29 is 9.18 Å². The largest absolute Gasteiger partial charge is 0.335 e. The molecule has 3 nitrogen and oxygen atoms in total. The van der Waals surface area contributed by atoms with E-state index in [2.05, 4.69) is 5.32 Å². The first-order valence-corrected chi connectivity index (χ1v) is 10.9. The standard InChI is InChI=1S/C23H25Cl2FN2O.ClH/c1-14-9-18(26)4-5-19(14)21-13-27-7-6-20(21)23(29)28-8-2-3-22(28)15-10-16(24)12-17(25)11-15;/h4-5,9-12,20-22,27H,2-3,6-8,13H2,1H3;1H. The molecule has 2 aliphatic heterocycles. The number of nitrogens with zero attached hydrogens (tertiary/aromatic N) is 1. The minimum atomic E-state index is -0.240. The zero-order chi connectivity index (χ0) is 20.5.